The van der Waals surface area contributed by atoms with Crippen LogP contribution in [0.2, 0.25) is 0 Å². The Morgan fingerprint density at radius 2 is 1.38 bits per heavy atom. The van der Waals surface area contributed by atoms with Crippen LogP contribution in [0, 0.1) is 0 Å². The molecule has 0 amide bonds. The first-order valence-corrected chi connectivity index (χ1v) is 13.2. The number of benzene rings is 2. The summed E-state index contributed by atoms with van der Waals surface area (Å²) in [5, 5.41) is -0.910. The summed E-state index contributed by atoms with van der Waals surface area (Å²) in [6.45, 7) is 3.79. The Balaban J connectivity index is 2.29. The SMILES string of the molecule is CCOC(=O)CC(SP(=S)(Oc1ccccc1)Oc1ccccc1)C(=O)OCC. The Bertz CT molecular complexity index is 786. The zero-order valence-electron chi connectivity index (χ0n) is 16.2. The zero-order valence-corrected chi connectivity index (χ0v) is 18.7. The van der Waals surface area contributed by atoms with E-state index in [2.05, 4.69) is 0 Å². The topological polar surface area (TPSA) is 71.1 Å². The second-order valence-corrected chi connectivity index (χ2v) is 11.9. The van der Waals surface area contributed by atoms with Crippen LogP contribution in [0.4, 0.5) is 0 Å². The van der Waals surface area contributed by atoms with Gasteiger partial charge in [0.25, 0.3) is 0 Å². The lowest BCUT2D eigenvalue weighted by atomic mass is 10.3. The molecule has 2 aromatic carbocycles. The van der Waals surface area contributed by atoms with Crippen molar-refractivity contribution >= 4 is 40.8 Å². The highest BCUT2D eigenvalue weighted by Crippen LogP contribution is 2.62. The molecule has 0 saturated heterocycles. The van der Waals surface area contributed by atoms with Crippen molar-refractivity contribution in [3.63, 3.8) is 0 Å². The van der Waals surface area contributed by atoms with E-state index >= 15 is 0 Å². The van der Waals surface area contributed by atoms with Crippen LogP contribution in [0.25, 0.3) is 0 Å². The minimum atomic E-state index is -3.13. The number of carbonyl (C=O) groups is 2. The maximum atomic E-state index is 12.5. The lowest BCUT2D eigenvalue weighted by molar-refractivity contribution is -0.149. The lowest BCUT2D eigenvalue weighted by Crippen LogP contribution is -2.25. The molecule has 0 spiro atoms. The summed E-state index contributed by atoms with van der Waals surface area (Å²) < 4.78 is 22.1. The van der Waals surface area contributed by atoms with Crippen molar-refractivity contribution in [3.05, 3.63) is 60.7 Å². The number of para-hydroxylation sites is 2. The number of hydrogen-bond donors (Lipinski definition) is 0. The van der Waals surface area contributed by atoms with Crippen LogP contribution in [0.3, 0.4) is 0 Å². The summed E-state index contributed by atoms with van der Waals surface area (Å²) in [5.41, 5.74) is -3.13. The van der Waals surface area contributed by atoms with E-state index in [-0.39, 0.29) is 19.6 Å². The van der Waals surface area contributed by atoms with E-state index in [9.17, 15) is 9.59 Å². The summed E-state index contributed by atoms with van der Waals surface area (Å²) in [5.74, 6) is -0.0526. The third-order valence-corrected chi connectivity index (χ3v) is 8.33. The minimum Gasteiger partial charge on any atom is -0.466 e. The van der Waals surface area contributed by atoms with E-state index in [0.29, 0.717) is 11.5 Å². The van der Waals surface area contributed by atoms with Crippen molar-refractivity contribution in [1.82, 2.24) is 0 Å². The fourth-order valence-corrected chi connectivity index (χ4v) is 7.41. The molecule has 6 nitrogen and oxygen atoms in total. The summed E-state index contributed by atoms with van der Waals surface area (Å²) in [6.07, 6.45) is -0.188. The Hall–Kier alpha value is -2.02. The number of esters is 2. The fraction of sp³-hybridized carbons (Fsp3) is 0.300. The maximum Gasteiger partial charge on any atom is 0.349 e. The second-order valence-electron chi connectivity index (χ2n) is 5.61. The fourth-order valence-electron chi connectivity index (χ4n) is 2.21. The van der Waals surface area contributed by atoms with Crippen LogP contribution in [-0.2, 0) is 30.9 Å². The molecule has 0 fully saturated rings. The van der Waals surface area contributed by atoms with Gasteiger partial charge in [-0.15, -0.1) is 0 Å². The average molecular weight is 455 g/mol. The number of ether oxygens (including phenoxy) is 2. The molecule has 9 heteroatoms. The molecule has 0 saturated carbocycles. The smallest absolute Gasteiger partial charge is 0.349 e. The van der Waals surface area contributed by atoms with E-state index in [0.717, 1.165) is 11.4 Å². The van der Waals surface area contributed by atoms with Crippen LogP contribution in [0.5, 0.6) is 11.5 Å². The summed E-state index contributed by atoms with van der Waals surface area (Å²) in [7, 11) is 0. The van der Waals surface area contributed by atoms with E-state index in [1.54, 1.807) is 38.1 Å². The molecule has 0 aliphatic rings. The van der Waals surface area contributed by atoms with Gasteiger partial charge in [0.05, 0.1) is 19.6 Å². The van der Waals surface area contributed by atoms with Gasteiger partial charge in [0.2, 0.25) is 0 Å². The highest BCUT2D eigenvalue weighted by molar-refractivity contribution is 8.68. The van der Waals surface area contributed by atoms with Crippen LogP contribution in [-0.4, -0.2) is 30.4 Å². The van der Waals surface area contributed by atoms with Crippen LogP contribution in [0.15, 0.2) is 60.7 Å². The van der Waals surface area contributed by atoms with Crippen molar-refractivity contribution in [2.45, 2.75) is 25.5 Å². The highest BCUT2D eigenvalue weighted by atomic mass is 32.9. The molecule has 156 valence electrons. The average Bonchev–Trinajstić information content (AvgIpc) is 2.69. The van der Waals surface area contributed by atoms with Crippen LogP contribution in [0.1, 0.15) is 20.3 Å². The first kappa shape index (κ1) is 23.3. The lowest BCUT2D eigenvalue weighted by Gasteiger charge is -2.25. The molecule has 0 heterocycles. The molecule has 2 rings (SSSR count). The predicted octanol–water partition coefficient (Wildman–Crippen LogP) is 4.99. The highest BCUT2D eigenvalue weighted by Gasteiger charge is 2.35. The minimum absolute atomic E-state index is 0.181. The van der Waals surface area contributed by atoms with Crippen LogP contribution >= 0.6 is 17.1 Å². The summed E-state index contributed by atoms with van der Waals surface area (Å²) in [6, 6.07) is 17.9. The van der Waals surface area contributed by atoms with Crippen molar-refractivity contribution in [2.75, 3.05) is 13.2 Å². The van der Waals surface area contributed by atoms with Gasteiger partial charge in [-0.1, -0.05) is 36.4 Å². The van der Waals surface area contributed by atoms with E-state index in [1.165, 1.54) is 0 Å². The van der Waals surface area contributed by atoms with Gasteiger partial charge in [-0.25, -0.2) is 0 Å². The molecule has 0 aliphatic carbocycles. The molecule has 0 radical (unpaired) electrons. The Morgan fingerprint density at radius 3 is 1.83 bits per heavy atom. The molecule has 1 unspecified atom stereocenters. The number of rotatable bonds is 11. The maximum absolute atomic E-state index is 12.5. The standard InChI is InChI=1S/C20H23O6PS2/c1-3-23-19(21)15-18(20(22)24-4-2)29-27(28,25-16-11-7-5-8-12-16)26-17-13-9-6-10-14-17/h5-14,18H,3-4,15H2,1-2H3. The second kappa shape index (κ2) is 11.9. The van der Waals surface area contributed by atoms with Gasteiger partial charge in [0, 0.05) is 0 Å². The third kappa shape index (κ3) is 8.09. The Morgan fingerprint density at radius 1 is 0.897 bits per heavy atom. The van der Waals surface area contributed by atoms with Gasteiger partial charge in [0.1, 0.15) is 16.7 Å². The Kier molecular flexibility index (Phi) is 9.51. The molecule has 0 N–H and O–H groups in total. The van der Waals surface area contributed by atoms with E-state index < -0.39 is 22.9 Å². The first-order valence-electron chi connectivity index (χ1n) is 9.05. The van der Waals surface area contributed by atoms with Gasteiger partial charge >= 0.3 is 17.6 Å². The molecule has 0 bridgehead atoms. The molecule has 29 heavy (non-hydrogen) atoms. The van der Waals surface area contributed by atoms with Crippen molar-refractivity contribution in [2.24, 2.45) is 0 Å². The summed E-state index contributed by atoms with van der Waals surface area (Å²) >= 11 is 6.72. The largest absolute Gasteiger partial charge is 0.466 e. The van der Waals surface area contributed by atoms with Gasteiger partial charge in [-0.2, -0.15) is 0 Å². The van der Waals surface area contributed by atoms with Gasteiger partial charge < -0.3 is 18.5 Å². The molecule has 1 atom stereocenters. The van der Waals surface area contributed by atoms with Gasteiger partial charge in [-0.05, 0) is 61.3 Å². The van der Waals surface area contributed by atoms with Gasteiger partial charge in [0.15, 0.2) is 0 Å². The number of hydrogen-bond acceptors (Lipinski definition) is 8. The quantitative estimate of drug-likeness (QED) is 0.348. The van der Waals surface area contributed by atoms with Crippen molar-refractivity contribution in [1.29, 1.82) is 0 Å². The molecule has 0 aromatic heterocycles. The zero-order chi connectivity index (χ0) is 21.1. The van der Waals surface area contributed by atoms with Crippen LogP contribution < -0.4 is 9.05 Å². The molecular formula is C20H23O6PS2. The third-order valence-electron chi connectivity index (χ3n) is 3.38. The Labute approximate surface area is 179 Å². The molecular weight excluding hydrogens is 431 g/mol. The normalized spacial score (nSPS) is 11.9. The predicted molar refractivity (Wildman–Crippen MR) is 118 cm³/mol. The van der Waals surface area contributed by atoms with E-state index in [1.807, 2.05) is 36.4 Å². The number of carbonyl (C=O) groups excluding carboxylic acids is 2. The monoisotopic (exact) mass is 454 g/mol. The van der Waals surface area contributed by atoms with Crippen molar-refractivity contribution < 1.29 is 28.1 Å². The van der Waals surface area contributed by atoms with Gasteiger partial charge in [-0.3, -0.25) is 9.59 Å². The van der Waals surface area contributed by atoms with Crippen molar-refractivity contribution in [3.8, 4) is 11.5 Å². The van der Waals surface area contributed by atoms with E-state index in [4.69, 9.17) is 30.3 Å². The summed E-state index contributed by atoms with van der Waals surface area (Å²) in [4.78, 5) is 24.5. The molecule has 0 aliphatic heterocycles. The first-order chi connectivity index (χ1) is 14.0. The molecule has 2 aromatic rings.